The predicted octanol–water partition coefficient (Wildman–Crippen LogP) is 4.11. The van der Waals surface area contributed by atoms with Crippen LogP contribution in [0.25, 0.3) is 17.0 Å². The fourth-order valence-corrected chi connectivity index (χ4v) is 2.55. The van der Waals surface area contributed by atoms with Crippen molar-refractivity contribution in [2.45, 2.75) is 6.54 Å². The zero-order chi connectivity index (χ0) is 17.3. The van der Waals surface area contributed by atoms with Crippen molar-refractivity contribution >= 4 is 34.5 Å². The summed E-state index contributed by atoms with van der Waals surface area (Å²) in [6.07, 6.45) is 2.31. The first-order chi connectivity index (χ1) is 11.4. The molecule has 4 nitrogen and oxygen atoms in total. The number of halogens is 3. The Hall–Kier alpha value is -2.73. The lowest BCUT2D eigenvalue weighted by molar-refractivity contribution is -0.131. The van der Waals surface area contributed by atoms with Crippen LogP contribution in [0.1, 0.15) is 11.3 Å². The Bertz CT molecular complexity index is 967. The molecule has 1 aromatic heterocycles. The minimum atomic E-state index is -1.11. The van der Waals surface area contributed by atoms with Gasteiger partial charge < -0.3 is 5.11 Å². The van der Waals surface area contributed by atoms with Gasteiger partial charge in [-0.15, -0.1) is 0 Å². The molecule has 0 aliphatic heterocycles. The number of hydrogen-bond acceptors (Lipinski definition) is 2. The second-order valence-electron chi connectivity index (χ2n) is 5.11. The van der Waals surface area contributed by atoms with Gasteiger partial charge in [0.05, 0.1) is 17.8 Å². The van der Waals surface area contributed by atoms with E-state index < -0.39 is 17.6 Å². The van der Waals surface area contributed by atoms with Gasteiger partial charge in [0.15, 0.2) is 0 Å². The lowest BCUT2D eigenvalue weighted by atomic mass is 10.2. The second-order valence-corrected chi connectivity index (χ2v) is 5.55. The molecule has 0 unspecified atom stereocenters. The average molecular weight is 349 g/mol. The van der Waals surface area contributed by atoms with E-state index in [1.807, 2.05) is 0 Å². The summed E-state index contributed by atoms with van der Waals surface area (Å²) < 4.78 is 28.4. The number of carboxylic acids is 1. The van der Waals surface area contributed by atoms with Gasteiger partial charge in [0.1, 0.15) is 11.6 Å². The summed E-state index contributed by atoms with van der Waals surface area (Å²) in [6, 6.07) is 8.36. The minimum Gasteiger partial charge on any atom is -0.478 e. The number of carbonyl (C=O) groups is 1. The molecular weight excluding hydrogens is 338 g/mol. The van der Waals surface area contributed by atoms with E-state index in [2.05, 4.69) is 5.10 Å². The van der Waals surface area contributed by atoms with Crippen LogP contribution in [0.4, 0.5) is 8.78 Å². The summed E-state index contributed by atoms with van der Waals surface area (Å²) in [6.45, 7) is 0.0746. The lowest BCUT2D eigenvalue weighted by Crippen LogP contribution is -2.04. The van der Waals surface area contributed by atoms with E-state index in [1.54, 1.807) is 18.2 Å². The monoisotopic (exact) mass is 348 g/mol. The minimum absolute atomic E-state index is 0.0746. The molecule has 24 heavy (non-hydrogen) atoms. The number of aliphatic carboxylic acids is 1. The number of nitrogens with zero attached hydrogens (tertiary/aromatic N) is 2. The van der Waals surface area contributed by atoms with E-state index in [-0.39, 0.29) is 12.1 Å². The van der Waals surface area contributed by atoms with Crippen LogP contribution in [-0.4, -0.2) is 20.9 Å². The molecule has 1 N–H and O–H groups in total. The van der Waals surface area contributed by atoms with Crippen molar-refractivity contribution in [1.29, 1.82) is 0 Å². The first-order valence-electron chi connectivity index (χ1n) is 6.95. The van der Waals surface area contributed by atoms with Crippen molar-refractivity contribution in [3.63, 3.8) is 0 Å². The van der Waals surface area contributed by atoms with Crippen molar-refractivity contribution in [2.75, 3.05) is 0 Å². The highest BCUT2D eigenvalue weighted by Crippen LogP contribution is 2.25. The average Bonchev–Trinajstić information content (AvgIpc) is 2.85. The van der Waals surface area contributed by atoms with Crippen LogP contribution in [-0.2, 0) is 11.3 Å². The molecule has 0 spiro atoms. The van der Waals surface area contributed by atoms with Gasteiger partial charge in [0, 0.05) is 28.1 Å². The SMILES string of the molecule is O=C(O)C=Cc1nn(Cc2ccc(F)cc2F)c2ccc(Cl)cc12. The van der Waals surface area contributed by atoms with E-state index in [1.165, 1.54) is 22.9 Å². The third kappa shape index (κ3) is 3.28. The number of benzene rings is 2. The van der Waals surface area contributed by atoms with Crippen molar-refractivity contribution in [1.82, 2.24) is 9.78 Å². The van der Waals surface area contributed by atoms with Crippen LogP contribution in [0.2, 0.25) is 5.02 Å². The largest absolute Gasteiger partial charge is 0.478 e. The van der Waals surface area contributed by atoms with Crippen molar-refractivity contribution < 1.29 is 18.7 Å². The number of carboxylic acid groups (broad SMARTS) is 1. The molecule has 0 radical (unpaired) electrons. The Morgan fingerprint density at radius 3 is 2.75 bits per heavy atom. The fraction of sp³-hybridized carbons (Fsp3) is 0.0588. The van der Waals surface area contributed by atoms with Gasteiger partial charge in [-0.1, -0.05) is 17.7 Å². The standard InChI is InChI=1S/C17H11ClF2N2O2/c18-11-2-5-16-13(7-11)15(4-6-17(23)24)21-22(16)9-10-1-3-12(19)8-14(10)20/h1-8H,9H2,(H,23,24). The lowest BCUT2D eigenvalue weighted by Gasteiger charge is -2.05. The molecular formula is C17H11ClF2N2O2. The third-order valence-electron chi connectivity index (χ3n) is 3.46. The summed E-state index contributed by atoms with van der Waals surface area (Å²) in [7, 11) is 0. The third-order valence-corrected chi connectivity index (χ3v) is 3.70. The zero-order valence-corrected chi connectivity index (χ0v) is 13.0. The summed E-state index contributed by atoms with van der Waals surface area (Å²) in [4.78, 5) is 10.7. The molecule has 0 amide bonds. The zero-order valence-electron chi connectivity index (χ0n) is 12.2. The highest BCUT2D eigenvalue weighted by atomic mass is 35.5. The summed E-state index contributed by atoms with van der Waals surface area (Å²) in [5.41, 5.74) is 1.33. The van der Waals surface area contributed by atoms with Crippen molar-refractivity contribution in [3.05, 3.63) is 70.4 Å². The molecule has 0 fully saturated rings. The smallest absolute Gasteiger partial charge is 0.328 e. The van der Waals surface area contributed by atoms with Crippen LogP contribution in [0, 0.1) is 11.6 Å². The van der Waals surface area contributed by atoms with Crippen molar-refractivity contribution in [2.24, 2.45) is 0 Å². The highest BCUT2D eigenvalue weighted by Gasteiger charge is 2.12. The Kier molecular flexibility index (Phi) is 4.31. The number of fused-ring (bicyclic) bond motifs is 1. The molecule has 0 atom stereocenters. The molecule has 0 aliphatic rings. The molecule has 0 saturated carbocycles. The van der Waals surface area contributed by atoms with Crippen LogP contribution in [0.3, 0.4) is 0 Å². The molecule has 1 heterocycles. The van der Waals surface area contributed by atoms with Gasteiger partial charge in [0.25, 0.3) is 0 Å². The van der Waals surface area contributed by atoms with Gasteiger partial charge in [-0.25, -0.2) is 13.6 Å². The first kappa shape index (κ1) is 16.1. The van der Waals surface area contributed by atoms with E-state index in [9.17, 15) is 13.6 Å². The van der Waals surface area contributed by atoms with Gasteiger partial charge >= 0.3 is 5.97 Å². The van der Waals surface area contributed by atoms with Gasteiger partial charge in [-0.05, 0) is 30.3 Å². The molecule has 0 bridgehead atoms. The van der Waals surface area contributed by atoms with E-state index in [4.69, 9.17) is 16.7 Å². The Morgan fingerprint density at radius 1 is 1.25 bits per heavy atom. The highest BCUT2D eigenvalue weighted by molar-refractivity contribution is 6.31. The number of rotatable bonds is 4. The Balaban J connectivity index is 2.09. The quantitative estimate of drug-likeness (QED) is 0.722. The van der Waals surface area contributed by atoms with Crippen LogP contribution in [0.5, 0.6) is 0 Å². The van der Waals surface area contributed by atoms with E-state index in [0.29, 0.717) is 21.6 Å². The van der Waals surface area contributed by atoms with Gasteiger partial charge in [-0.3, -0.25) is 4.68 Å². The van der Waals surface area contributed by atoms with E-state index in [0.717, 1.165) is 12.1 Å². The molecule has 0 aliphatic carbocycles. The van der Waals surface area contributed by atoms with Crippen LogP contribution < -0.4 is 0 Å². The Morgan fingerprint density at radius 2 is 2.04 bits per heavy atom. The number of hydrogen-bond donors (Lipinski definition) is 1. The summed E-state index contributed by atoms with van der Waals surface area (Å²) in [5.74, 6) is -2.43. The second kappa shape index (κ2) is 6.41. The molecule has 3 aromatic rings. The van der Waals surface area contributed by atoms with Crippen LogP contribution in [0.15, 0.2) is 42.5 Å². The first-order valence-corrected chi connectivity index (χ1v) is 7.33. The fourth-order valence-electron chi connectivity index (χ4n) is 2.38. The molecule has 2 aromatic carbocycles. The maximum absolute atomic E-state index is 13.9. The predicted molar refractivity (Wildman–Crippen MR) is 86.9 cm³/mol. The molecule has 7 heteroatoms. The summed E-state index contributed by atoms with van der Waals surface area (Å²) in [5, 5.41) is 14.2. The molecule has 0 saturated heterocycles. The molecule has 3 rings (SSSR count). The van der Waals surface area contributed by atoms with Gasteiger partial charge in [-0.2, -0.15) is 5.10 Å². The normalized spacial score (nSPS) is 11.5. The molecule has 122 valence electrons. The maximum atomic E-state index is 13.9. The van der Waals surface area contributed by atoms with Crippen molar-refractivity contribution in [3.8, 4) is 0 Å². The Labute approximate surface area is 140 Å². The van der Waals surface area contributed by atoms with Gasteiger partial charge in [0.2, 0.25) is 0 Å². The summed E-state index contributed by atoms with van der Waals surface area (Å²) >= 11 is 5.99. The maximum Gasteiger partial charge on any atom is 0.328 e. The van der Waals surface area contributed by atoms with Crippen LogP contribution >= 0.6 is 11.6 Å². The number of aromatic nitrogens is 2. The van der Waals surface area contributed by atoms with E-state index >= 15 is 0 Å². The topological polar surface area (TPSA) is 55.1 Å².